The fourth-order valence-electron chi connectivity index (χ4n) is 1.42. The molecule has 9 nitrogen and oxygen atoms in total. The molecule has 1 rings (SSSR count). The van der Waals surface area contributed by atoms with Gasteiger partial charge in [0.15, 0.2) is 6.40 Å². The number of ether oxygens (including phenoxy) is 3. The van der Waals surface area contributed by atoms with Crippen molar-refractivity contribution in [3.05, 3.63) is 22.7 Å². The topological polar surface area (TPSA) is 117 Å². The summed E-state index contributed by atoms with van der Waals surface area (Å²) in [5.41, 5.74) is 0.238. The molecule has 0 saturated carbocycles. The minimum absolute atomic E-state index is 0. The second-order valence-electron chi connectivity index (χ2n) is 3.78. The number of nitrogens with zero attached hydrogens (tertiary/aromatic N) is 3. The van der Waals surface area contributed by atoms with Crippen molar-refractivity contribution in [1.29, 1.82) is 0 Å². The Morgan fingerprint density at radius 2 is 2.17 bits per heavy atom. The van der Waals surface area contributed by atoms with Crippen LogP contribution in [-0.4, -0.2) is 42.9 Å². The molecule has 0 amide bonds. The molecule has 0 radical (unpaired) electrons. The van der Waals surface area contributed by atoms with Crippen LogP contribution in [0.4, 0.5) is 5.69 Å². The summed E-state index contributed by atoms with van der Waals surface area (Å²) in [5.74, 6) is -1.69. The van der Waals surface area contributed by atoms with E-state index < -0.39 is 11.7 Å². The molecule has 1 N–H and O–H groups in total. The molecular formula is C13H17KN3O6+. The van der Waals surface area contributed by atoms with Crippen molar-refractivity contribution in [2.24, 2.45) is 4.99 Å². The van der Waals surface area contributed by atoms with Crippen molar-refractivity contribution in [2.75, 3.05) is 20.3 Å². The molecule has 0 atom stereocenters. The zero-order valence-electron chi connectivity index (χ0n) is 13.5. The summed E-state index contributed by atoms with van der Waals surface area (Å²) < 4.78 is 14.6. The van der Waals surface area contributed by atoms with Gasteiger partial charge in [-0.15, -0.1) is 0 Å². The van der Waals surface area contributed by atoms with Crippen molar-refractivity contribution < 1.29 is 80.3 Å². The third kappa shape index (κ3) is 6.83. The molecule has 120 valence electrons. The van der Waals surface area contributed by atoms with Gasteiger partial charge in [-0.1, -0.05) is 4.85 Å². The van der Waals surface area contributed by atoms with Crippen LogP contribution in [0.2, 0.25) is 0 Å². The number of aliphatic hydroxyl groups excluding tert-OH is 1. The van der Waals surface area contributed by atoms with Gasteiger partial charge in [0, 0.05) is 6.08 Å². The molecule has 0 saturated heterocycles. The van der Waals surface area contributed by atoms with Gasteiger partial charge in [-0.25, -0.2) is 9.79 Å². The van der Waals surface area contributed by atoms with Gasteiger partial charge in [-0.2, -0.15) is 0 Å². The quantitative estimate of drug-likeness (QED) is 0.0874. The van der Waals surface area contributed by atoms with E-state index in [-0.39, 0.29) is 80.0 Å². The number of hydrogen-bond acceptors (Lipinski definition) is 8. The van der Waals surface area contributed by atoms with Crippen LogP contribution in [-0.2, 0) is 14.3 Å². The van der Waals surface area contributed by atoms with Gasteiger partial charge >= 0.3 is 63.2 Å². The first-order valence-electron chi connectivity index (χ1n) is 6.43. The van der Waals surface area contributed by atoms with Crippen molar-refractivity contribution in [3.63, 3.8) is 0 Å². The Kier molecular flexibility index (Phi) is 10.8. The molecule has 0 aromatic carbocycles. The fourth-order valence-corrected chi connectivity index (χ4v) is 1.42. The van der Waals surface area contributed by atoms with E-state index >= 15 is 0 Å². The average Bonchev–Trinajstić information content (AvgIpc) is 2.49. The van der Waals surface area contributed by atoms with Gasteiger partial charge in [0.05, 0.1) is 31.0 Å². The number of methoxy groups -OCH3 is 1. The summed E-state index contributed by atoms with van der Waals surface area (Å²) in [6, 6.07) is 0. The summed E-state index contributed by atoms with van der Waals surface area (Å²) in [7, 11) is 1.31. The zero-order chi connectivity index (χ0) is 16.5. The van der Waals surface area contributed by atoms with Crippen LogP contribution < -0.4 is 61.0 Å². The molecule has 0 bridgehead atoms. The Bertz CT molecular complexity index is 591. The monoisotopic (exact) mass is 350 g/mol. The molecule has 0 aliphatic rings. The van der Waals surface area contributed by atoms with Crippen LogP contribution >= 0.6 is 0 Å². The van der Waals surface area contributed by atoms with Crippen molar-refractivity contribution in [2.45, 2.75) is 13.8 Å². The molecule has 10 heteroatoms. The van der Waals surface area contributed by atoms with Crippen molar-refractivity contribution in [1.82, 2.24) is 5.10 Å². The van der Waals surface area contributed by atoms with Crippen LogP contribution in [0.5, 0.6) is 5.88 Å². The first kappa shape index (κ1) is 21.8. The maximum absolute atomic E-state index is 11.4. The first-order chi connectivity index (χ1) is 10.5. The Labute approximate surface area is 176 Å². The average molecular weight is 350 g/mol. The van der Waals surface area contributed by atoms with Crippen molar-refractivity contribution in [3.8, 4) is 5.88 Å². The molecule has 0 aliphatic carbocycles. The maximum Gasteiger partial charge on any atom is 1.00 e. The summed E-state index contributed by atoms with van der Waals surface area (Å²) >= 11 is 0. The Morgan fingerprint density at radius 1 is 1.48 bits per heavy atom. The van der Waals surface area contributed by atoms with E-state index in [2.05, 4.69) is 14.8 Å². The minimum Gasteiger partial charge on any atom is -0.594 e. The minimum atomic E-state index is -0.921. The molecule has 1 heterocycles. The normalized spacial score (nSPS) is 11.0. The largest absolute Gasteiger partial charge is 1.00 e. The Morgan fingerprint density at radius 3 is 2.74 bits per heavy atom. The summed E-state index contributed by atoms with van der Waals surface area (Å²) in [6.07, 6.45) is 3.21. The van der Waals surface area contributed by atoms with E-state index in [9.17, 15) is 15.1 Å². The molecule has 23 heavy (non-hydrogen) atoms. The maximum atomic E-state index is 11.4. The SMILES string of the molecule is CCOC=Nc1c(/C=C(/O)C(=O)OCC)c[n+]([O-])nc1OC.[K+]. The molecule has 1 aromatic heterocycles. The van der Waals surface area contributed by atoms with E-state index in [1.54, 1.807) is 13.8 Å². The van der Waals surface area contributed by atoms with E-state index in [4.69, 9.17) is 9.47 Å². The van der Waals surface area contributed by atoms with E-state index in [1.165, 1.54) is 7.11 Å². The Hall–Kier alpha value is -1.20. The summed E-state index contributed by atoms with van der Waals surface area (Å²) in [6.45, 7) is 3.87. The molecule has 0 fully saturated rings. The second kappa shape index (κ2) is 11.4. The summed E-state index contributed by atoms with van der Waals surface area (Å²) in [5, 5.41) is 24.7. The number of esters is 1. The van der Waals surface area contributed by atoms with Crippen LogP contribution in [0.3, 0.4) is 0 Å². The van der Waals surface area contributed by atoms with Gasteiger partial charge in [-0.3, -0.25) is 0 Å². The summed E-state index contributed by atoms with van der Waals surface area (Å²) in [4.78, 5) is 15.6. The Balaban J connectivity index is 0.00000484. The van der Waals surface area contributed by atoms with Crippen LogP contribution in [0.1, 0.15) is 19.4 Å². The van der Waals surface area contributed by atoms with E-state index in [1.807, 2.05) is 0 Å². The van der Waals surface area contributed by atoms with Crippen molar-refractivity contribution >= 4 is 24.1 Å². The smallest absolute Gasteiger partial charge is 0.594 e. The molecular weight excluding hydrogens is 333 g/mol. The van der Waals surface area contributed by atoms with Crippen LogP contribution in [0.25, 0.3) is 6.08 Å². The first-order valence-corrected chi connectivity index (χ1v) is 6.43. The standard InChI is InChI=1S/C13H17N3O6.K/c1-4-21-8-14-11-9(6-10(17)13(18)22-5-2)7-16(19)15-12(11)20-3;/h6-8,17H,4-5H2,1-3H3;/q;+1/b10-6+,14-8?;. The molecule has 1 aromatic rings. The van der Waals surface area contributed by atoms with Crippen LogP contribution in [0, 0.1) is 5.21 Å². The van der Waals surface area contributed by atoms with Gasteiger partial charge in [0.25, 0.3) is 0 Å². The van der Waals surface area contributed by atoms with Gasteiger partial charge in [0.2, 0.25) is 12.0 Å². The zero-order valence-corrected chi connectivity index (χ0v) is 16.6. The fraction of sp³-hybridized carbons (Fsp3) is 0.385. The predicted molar refractivity (Wildman–Crippen MR) is 76.8 cm³/mol. The van der Waals surface area contributed by atoms with Gasteiger partial charge < -0.3 is 24.5 Å². The van der Waals surface area contributed by atoms with Gasteiger partial charge in [0.1, 0.15) is 5.69 Å². The number of carbonyl (C=O) groups excluding carboxylic acids is 1. The third-order valence-corrected chi connectivity index (χ3v) is 2.31. The number of hydrogen-bond donors (Lipinski definition) is 1. The second-order valence-corrected chi connectivity index (χ2v) is 3.78. The van der Waals surface area contributed by atoms with E-state index in [0.29, 0.717) is 6.61 Å². The predicted octanol–water partition coefficient (Wildman–Crippen LogP) is -2.11. The number of carbonyl (C=O) groups is 1. The third-order valence-electron chi connectivity index (χ3n) is 2.31. The van der Waals surface area contributed by atoms with Crippen LogP contribution in [0.15, 0.2) is 16.9 Å². The molecule has 0 aliphatic heterocycles. The molecule has 0 unspecified atom stereocenters. The molecule has 0 spiro atoms. The number of aliphatic hydroxyl groups is 1. The number of aliphatic imine (C=N–C) groups is 1. The number of rotatable bonds is 7. The number of aromatic nitrogens is 2. The van der Waals surface area contributed by atoms with E-state index in [0.717, 1.165) is 18.7 Å². The van der Waals surface area contributed by atoms with Gasteiger partial charge in [-0.05, 0) is 13.8 Å².